The maximum Gasteiger partial charge on any atom is 0.269 e. The second-order valence-electron chi connectivity index (χ2n) is 5.40. The van der Waals surface area contributed by atoms with Gasteiger partial charge in [-0.15, -0.1) is 0 Å². The van der Waals surface area contributed by atoms with Gasteiger partial charge in [-0.2, -0.15) is 0 Å². The van der Waals surface area contributed by atoms with Crippen LogP contribution in [0.1, 0.15) is 31.2 Å². The zero-order valence-electron chi connectivity index (χ0n) is 12.1. The Hall–Kier alpha value is -1.62. The third-order valence-electron chi connectivity index (χ3n) is 4.24. The molecule has 0 amide bonds. The van der Waals surface area contributed by atoms with E-state index in [4.69, 9.17) is 4.74 Å². The minimum Gasteiger partial charge on any atom is -0.496 e. The first-order valence-electron chi connectivity index (χ1n) is 7.14. The lowest BCUT2D eigenvalue weighted by Crippen LogP contribution is -2.37. The zero-order chi connectivity index (χ0) is 14.5. The molecule has 0 aromatic heterocycles. The smallest absolute Gasteiger partial charge is 0.269 e. The summed E-state index contributed by atoms with van der Waals surface area (Å²) < 4.78 is 5.35. The number of methoxy groups -OCH3 is 1. The van der Waals surface area contributed by atoms with E-state index in [1.54, 1.807) is 19.2 Å². The van der Waals surface area contributed by atoms with Crippen LogP contribution in [-0.2, 0) is 6.42 Å². The SMILES string of the molecule is CNC1CCCCC1Cc1cc([N+](=O)[O-])ccc1OC. The predicted molar refractivity (Wildman–Crippen MR) is 78.2 cm³/mol. The van der Waals surface area contributed by atoms with Crippen molar-refractivity contribution in [2.75, 3.05) is 14.2 Å². The molecule has 1 aromatic rings. The second kappa shape index (κ2) is 6.70. The van der Waals surface area contributed by atoms with Crippen LogP contribution in [0, 0.1) is 16.0 Å². The van der Waals surface area contributed by atoms with Gasteiger partial charge in [-0.05, 0) is 38.3 Å². The largest absolute Gasteiger partial charge is 0.496 e. The standard InChI is InChI=1S/C15H22N2O3/c1-16-14-6-4-3-5-11(14)9-12-10-13(17(18)19)7-8-15(12)20-2/h7-8,10-11,14,16H,3-6,9H2,1-2H3. The highest BCUT2D eigenvalue weighted by atomic mass is 16.6. The summed E-state index contributed by atoms with van der Waals surface area (Å²) in [5.41, 5.74) is 1.08. The summed E-state index contributed by atoms with van der Waals surface area (Å²) in [4.78, 5) is 10.6. The molecule has 0 bridgehead atoms. The molecule has 1 N–H and O–H groups in total. The minimum atomic E-state index is -0.348. The molecule has 110 valence electrons. The number of ether oxygens (including phenoxy) is 1. The van der Waals surface area contributed by atoms with E-state index in [0.717, 1.165) is 24.2 Å². The number of nitro benzene ring substituents is 1. The summed E-state index contributed by atoms with van der Waals surface area (Å²) in [5, 5.41) is 14.3. The van der Waals surface area contributed by atoms with Crippen LogP contribution in [0.15, 0.2) is 18.2 Å². The fraction of sp³-hybridized carbons (Fsp3) is 0.600. The molecule has 20 heavy (non-hydrogen) atoms. The number of hydrogen-bond acceptors (Lipinski definition) is 4. The molecule has 1 aliphatic rings. The van der Waals surface area contributed by atoms with Gasteiger partial charge in [-0.3, -0.25) is 10.1 Å². The molecule has 0 spiro atoms. The van der Waals surface area contributed by atoms with Crippen molar-refractivity contribution < 1.29 is 9.66 Å². The maximum absolute atomic E-state index is 10.9. The molecular weight excluding hydrogens is 256 g/mol. The van der Waals surface area contributed by atoms with Crippen molar-refractivity contribution in [1.82, 2.24) is 5.32 Å². The Balaban J connectivity index is 2.21. The Morgan fingerprint density at radius 1 is 1.40 bits per heavy atom. The molecule has 2 rings (SSSR count). The topological polar surface area (TPSA) is 64.4 Å². The number of rotatable bonds is 5. The highest BCUT2D eigenvalue weighted by Gasteiger charge is 2.25. The third kappa shape index (κ3) is 3.28. The minimum absolute atomic E-state index is 0.137. The Bertz CT molecular complexity index is 476. The van der Waals surface area contributed by atoms with Gasteiger partial charge in [-0.25, -0.2) is 0 Å². The fourth-order valence-electron chi connectivity index (χ4n) is 3.15. The first kappa shape index (κ1) is 14.8. The van der Waals surface area contributed by atoms with Gasteiger partial charge in [0.15, 0.2) is 0 Å². The lowest BCUT2D eigenvalue weighted by molar-refractivity contribution is -0.384. The second-order valence-corrected chi connectivity index (χ2v) is 5.40. The van der Waals surface area contributed by atoms with Crippen molar-refractivity contribution in [3.63, 3.8) is 0 Å². The zero-order valence-corrected chi connectivity index (χ0v) is 12.1. The molecule has 5 nitrogen and oxygen atoms in total. The van der Waals surface area contributed by atoms with Crippen LogP contribution in [0.3, 0.4) is 0 Å². The van der Waals surface area contributed by atoms with Gasteiger partial charge in [-0.1, -0.05) is 12.8 Å². The fourth-order valence-corrected chi connectivity index (χ4v) is 3.15. The number of benzene rings is 1. The molecule has 0 aliphatic heterocycles. The normalized spacial score (nSPS) is 22.5. The summed E-state index contributed by atoms with van der Waals surface area (Å²) in [6, 6.07) is 5.34. The molecule has 1 aliphatic carbocycles. The van der Waals surface area contributed by atoms with E-state index >= 15 is 0 Å². The van der Waals surface area contributed by atoms with E-state index in [1.165, 1.54) is 25.3 Å². The summed E-state index contributed by atoms with van der Waals surface area (Å²) >= 11 is 0. The molecule has 1 fully saturated rings. The lowest BCUT2D eigenvalue weighted by atomic mass is 9.80. The first-order valence-corrected chi connectivity index (χ1v) is 7.14. The van der Waals surface area contributed by atoms with Gasteiger partial charge in [0, 0.05) is 23.7 Å². The molecule has 1 saturated carbocycles. The summed E-state index contributed by atoms with van der Waals surface area (Å²) in [7, 11) is 3.61. The monoisotopic (exact) mass is 278 g/mol. The van der Waals surface area contributed by atoms with Crippen LogP contribution in [0.25, 0.3) is 0 Å². The van der Waals surface area contributed by atoms with Crippen molar-refractivity contribution in [3.8, 4) is 5.75 Å². The number of nitrogens with one attached hydrogen (secondary N) is 1. The first-order chi connectivity index (χ1) is 9.65. The van der Waals surface area contributed by atoms with Crippen LogP contribution in [0.4, 0.5) is 5.69 Å². The van der Waals surface area contributed by atoms with Crippen LogP contribution < -0.4 is 10.1 Å². The number of non-ortho nitro benzene ring substituents is 1. The Kier molecular flexibility index (Phi) is 4.95. The molecular formula is C15H22N2O3. The Labute approximate surface area is 119 Å². The van der Waals surface area contributed by atoms with Crippen LogP contribution >= 0.6 is 0 Å². The Morgan fingerprint density at radius 3 is 2.80 bits per heavy atom. The maximum atomic E-state index is 10.9. The van der Waals surface area contributed by atoms with E-state index < -0.39 is 0 Å². The van der Waals surface area contributed by atoms with Crippen LogP contribution in [0.5, 0.6) is 5.75 Å². The van der Waals surface area contributed by atoms with Crippen molar-refractivity contribution in [1.29, 1.82) is 0 Å². The molecule has 2 atom stereocenters. The summed E-state index contributed by atoms with van der Waals surface area (Å²) in [6.07, 6.45) is 5.67. The van der Waals surface area contributed by atoms with Crippen LogP contribution in [0.2, 0.25) is 0 Å². The van der Waals surface area contributed by atoms with Crippen molar-refractivity contribution in [3.05, 3.63) is 33.9 Å². The molecule has 0 radical (unpaired) electrons. The third-order valence-corrected chi connectivity index (χ3v) is 4.24. The molecule has 2 unspecified atom stereocenters. The van der Waals surface area contributed by atoms with E-state index in [2.05, 4.69) is 5.32 Å². The van der Waals surface area contributed by atoms with Gasteiger partial charge in [0.2, 0.25) is 0 Å². The molecule has 5 heteroatoms. The van der Waals surface area contributed by atoms with Crippen LogP contribution in [-0.4, -0.2) is 25.1 Å². The highest BCUT2D eigenvalue weighted by molar-refractivity contribution is 5.44. The highest BCUT2D eigenvalue weighted by Crippen LogP contribution is 2.32. The van der Waals surface area contributed by atoms with Crippen molar-refractivity contribution >= 4 is 5.69 Å². The number of hydrogen-bond donors (Lipinski definition) is 1. The molecule has 0 heterocycles. The van der Waals surface area contributed by atoms with Gasteiger partial charge in [0.05, 0.1) is 12.0 Å². The quantitative estimate of drug-likeness (QED) is 0.664. The number of nitro groups is 1. The summed E-state index contributed by atoms with van der Waals surface area (Å²) in [5.74, 6) is 1.26. The van der Waals surface area contributed by atoms with E-state index in [0.29, 0.717) is 12.0 Å². The average Bonchev–Trinajstić information content (AvgIpc) is 2.47. The van der Waals surface area contributed by atoms with E-state index in [-0.39, 0.29) is 10.6 Å². The van der Waals surface area contributed by atoms with Gasteiger partial charge in [0.1, 0.15) is 5.75 Å². The molecule has 1 aromatic carbocycles. The van der Waals surface area contributed by atoms with E-state index in [1.807, 2.05) is 7.05 Å². The predicted octanol–water partition coefficient (Wildman–Crippen LogP) is 2.92. The van der Waals surface area contributed by atoms with Gasteiger partial charge < -0.3 is 10.1 Å². The Morgan fingerprint density at radius 2 is 2.15 bits per heavy atom. The summed E-state index contributed by atoms with van der Waals surface area (Å²) in [6.45, 7) is 0. The average molecular weight is 278 g/mol. The van der Waals surface area contributed by atoms with Crippen molar-refractivity contribution in [2.45, 2.75) is 38.1 Å². The van der Waals surface area contributed by atoms with Crippen molar-refractivity contribution in [2.24, 2.45) is 5.92 Å². The van der Waals surface area contributed by atoms with Gasteiger partial charge >= 0.3 is 0 Å². The lowest BCUT2D eigenvalue weighted by Gasteiger charge is -2.31. The van der Waals surface area contributed by atoms with Gasteiger partial charge in [0.25, 0.3) is 5.69 Å². The van der Waals surface area contributed by atoms with E-state index in [9.17, 15) is 10.1 Å². The number of nitrogens with zero attached hydrogens (tertiary/aromatic N) is 1. The molecule has 0 saturated heterocycles.